The number of hydrogen-bond donors (Lipinski definition) is 1. The second kappa shape index (κ2) is 7.94. The molecule has 1 aromatic heterocycles. The molecular weight excluding hydrogens is 374 g/mol. The van der Waals surface area contributed by atoms with Crippen LogP contribution in [0.1, 0.15) is 35.7 Å². The lowest BCUT2D eigenvalue weighted by Gasteiger charge is -2.36. The summed E-state index contributed by atoms with van der Waals surface area (Å²) in [6.45, 7) is 5.01. The predicted molar refractivity (Wildman–Crippen MR) is 120 cm³/mol. The number of nitrogens with one attached hydrogen (secondary N) is 1. The van der Waals surface area contributed by atoms with Gasteiger partial charge in [0.25, 0.3) is 5.91 Å². The molecule has 1 aliphatic carbocycles. The Bertz CT molecular complexity index is 1050. The Morgan fingerprint density at radius 2 is 1.63 bits per heavy atom. The SMILES string of the molecule is CCc1ccc(C(=O)N2CCN(c3nc4ccccc4nc3NC3CC3)CC2)cc1. The second-order valence-corrected chi connectivity index (χ2v) is 8.13. The van der Waals surface area contributed by atoms with Gasteiger partial charge in [-0.15, -0.1) is 0 Å². The zero-order chi connectivity index (χ0) is 20.5. The van der Waals surface area contributed by atoms with Gasteiger partial charge in [0.2, 0.25) is 0 Å². The summed E-state index contributed by atoms with van der Waals surface area (Å²) >= 11 is 0. The van der Waals surface area contributed by atoms with Crippen molar-refractivity contribution in [2.24, 2.45) is 0 Å². The lowest BCUT2D eigenvalue weighted by Crippen LogP contribution is -2.49. The number of para-hydroxylation sites is 2. The van der Waals surface area contributed by atoms with E-state index in [1.807, 2.05) is 53.4 Å². The van der Waals surface area contributed by atoms with E-state index in [-0.39, 0.29) is 5.91 Å². The van der Waals surface area contributed by atoms with Gasteiger partial charge in [-0.25, -0.2) is 9.97 Å². The Hall–Kier alpha value is -3.15. The number of hydrogen-bond acceptors (Lipinski definition) is 5. The zero-order valence-electron chi connectivity index (χ0n) is 17.3. The predicted octanol–water partition coefficient (Wildman–Crippen LogP) is 3.73. The molecule has 0 spiro atoms. The van der Waals surface area contributed by atoms with E-state index in [0.29, 0.717) is 19.1 Å². The van der Waals surface area contributed by atoms with Crippen LogP contribution in [0.4, 0.5) is 11.6 Å². The van der Waals surface area contributed by atoms with Crippen LogP contribution in [-0.4, -0.2) is 53.0 Å². The number of amides is 1. The number of carbonyl (C=O) groups excluding carboxylic acids is 1. The molecule has 1 saturated heterocycles. The van der Waals surface area contributed by atoms with Crippen molar-refractivity contribution in [3.8, 4) is 0 Å². The van der Waals surface area contributed by atoms with Crippen molar-refractivity contribution in [2.75, 3.05) is 36.4 Å². The molecular formula is C24H27N5O. The first-order chi connectivity index (χ1) is 14.7. The normalized spacial score (nSPS) is 16.7. The van der Waals surface area contributed by atoms with Gasteiger partial charge in [-0.05, 0) is 49.1 Å². The van der Waals surface area contributed by atoms with Crippen LogP contribution in [-0.2, 0) is 6.42 Å². The lowest BCUT2D eigenvalue weighted by atomic mass is 10.1. The fraction of sp³-hybridized carbons (Fsp3) is 0.375. The molecule has 30 heavy (non-hydrogen) atoms. The Morgan fingerprint density at radius 3 is 2.27 bits per heavy atom. The van der Waals surface area contributed by atoms with E-state index in [1.165, 1.54) is 18.4 Å². The number of aryl methyl sites for hydroxylation is 1. The molecule has 2 aromatic carbocycles. The molecule has 0 bridgehead atoms. The van der Waals surface area contributed by atoms with E-state index in [0.717, 1.165) is 47.7 Å². The van der Waals surface area contributed by atoms with Gasteiger partial charge in [-0.2, -0.15) is 0 Å². The van der Waals surface area contributed by atoms with E-state index in [1.54, 1.807) is 0 Å². The second-order valence-electron chi connectivity index (χ2n) is 8.13. The lowest BCUT2D eigenvalue weighted by molar-refractivity contribution is 0.0746. The molecule has 1 amide bonds. The van der Waals surface area contributed by atoms with Crippen molar-refractivity contribution in [1.82, 2.24) is 14.9 Å². The molecule has 6 heteroatoms. The molecule has 2 aliphatic rings. The average molecular weight is 402 g/mol. The maximum absolute atomic E-state index is 12.9. The molecule has 0 atom stereocenters. The number of carbonyl (C=O) groups is 1. The summed E-state index contributed by atoms with van der Waals surface area (Å²) in [5, 5.41) is 3.55. The van der Waals surface area contributed by atoms with Gasteiger partial charge >= 0.3 is 0 Å². The molecule has 1 saturated carbocycles. The highest BCUT2D eigenvalue weighted by Crippen LogP contribution is 2.31. The third kappa shape index (κ3) is 3.82. The number of benzene rings is 2. The Morgan fingerprint density at radius 1 is 0.967 bits per heavy atom. The van der Waals surface area contributed by atoms with Gasteiger partial charge in [-0.3, -0.25) is 4.79 Å². The fourth-order valence-electron chi connectivity index (χ4n) is 3.92. The Balaban J connectivity index is 1.33. The van der Waals surface area contributed by atoms with Crippen LogP contribution < -0.4 is 10.2 Å². The van der Waals surface area contributed by atoms with Crippen LogP contribution in [0.15, 0.2) is 48.5 Å². The van der Waals surface area contributed by atoms with Gasteiger partial charge in [0.05, 0.1) is 11.0 Å². The highest BCUT2D eigenvalue weighted by molar-refractivity contribution is 5.94. The van der Waals surface area contributed by atoms with Crippen LogP contribution in [0.5, 0.6) is 0 Å². The molecule has 5 rings (SSSR count). The van der Waals surface area contributed by atoms with Gasteiger partial charge < -0.3 is 15.1 Å². The topological polar surface area (TPSA) is 61.4 Å². The monoisotopic (exact) mass is 401 g/mol. The number of rotatable bonds is 5. The quantitative estimate of drug-likeness (QED) is 0.706. The van der Waals surface area contributed by atoms with Crippen molar-refractivity contribution in [2.45, 2.75) is 32.2 Å². The number of anilines is 2. The first-order valence-corrected chi connectivity index (χ1v) is 10.9. The molecule has 0 unspecified atom stereocenters. The van der Waals surface area contributed by atoms with E-state index < -0.39 is 0 Å². The van der Waals surface area contributed by atoms with Gasteiger partial charge in [0, 0.05) is 37.8 Å². The summed E-state index contributed by atoms with van der Waals surface area (Å²) in [6.07, 6.45) is 3.36. The molecule has 2 fully saturated rings. The molecule has 1 N–H and O–H groups in total. The third-order valence-corrected chi connectivity index (χ3v) is 5.95. The largest absolute Gasteiger partial charge is 0.364 e. The minimum Gasteiger partial charge on any atom is -0.364 e. The summed E-state index contributed by atoms with van der Waals surface area (Å²) in [5.41, 5.74) is 3.83. The minimum atomic E-state index is 0.109. The average Bonchev–Trinajstić information content (AvgIpc) is 3.62. The Labute approximate surface area is 176 Å². The molecule has 1 aliphatic heterocycles. The smallest absolute Gasteiger partial charge is 0.253 e. The first-order valence-electron chi connectivity index (χ1n) is 10.9. The number of nitrogens with zero attached hydrogens (tertiary/aromatic N) is 4. The summed E-state index contributed by atoms with van der Waals surface area (Å²) in [5.74, 6) is 1.88. The number of aromatic nitrogens is 2. The molecule has 6 nitrogen and oxygen atoms in total. The zero-order valence-corrected chi connectivity index (χ0v) is 17.3. The minimum absolute atomic E-state index is 0.109. The standard InChI is InChI=1S/C24H27N5O/c1-2-17-7-9-18(10-8-17)24(30)29-15-13-28(14-16-29)23-22(25-19-11-12-19)26-20-5-3-4-6-21(20)27-23/h3-10,19H,2,11-16H2,1H3,(H,25,26). The van der Waals surface area contributed by atoms with Crippen molar-refractivity contribution in [3.05, 3.63) is 59.7 Å². The van der Waals surface area contributed by atoms with Crippen LogP contribution >= 0.6 is 0 Å². The highest BCUT2D eigenvalue weighted by Gasteiger charge is 2.28. The van der Waals surface area contributed by atoms with Gasteiger partial charge in [0.15, 0.2) is 11.6 Å². The van der Waals surface area contributed by atoms with Crippen LogP contribution in [0.3, 0.4) is 0 Å². The van der Waals surface area contributed by atoms with Gasteiger partial charge in [0.1, 0.15) is 0 Å². The van der Waals surface area contributed by atoms with Crippen molar-refractivity contribution in [3.63, 3.8) is 0 Å². The van der Waals surface area contributed by atoms with Crippen LogP contribution in [0, 0.1) is 0 Å². The van der Waals surface area contributed by atoms with Crippen LogP contribution in [0.25, 0.3) is 11.0 Å². The summed E-state index contributed by atoms with van der Waals surface area (Å²) < 4.78 is 0. The summed E-state index contributed by atoms with van der Waals surface area (Å²) in [4.78, 5) is 26.9. The first kappa shape index (κ1) is 18.9. The summed E-state index contributed by atoms with van der Waals surface area (Å²) in [6, 6.07) is 16.5. The van der Waals surface area contributed by atoms with E-state index in [2.05, 4.69) is 17.1 Å². The van der Waals surface area contributed by atoms with E-state index >= 15 is 0 Å². The molecule has 2 heterocycles. The van der Waals surface area contributed by atoms with E-state index in [4.69, 9.17) is 9.97 Å². The van der Waals surface area contributed by atoms with E-state index in [9.17, 15) is 4.79 Å². The maximum atomic E-state index is 12.9. The third-order valence-electron chi connectivity index (χ3n) is 5.95. The van der Waals surface area contributed by atoms with Gasteiger partial charge in [-0.1, -0.05) is 31.2 Å². The highest BCUT2D eigenvalue weighted by atomic mass is 16.2. The Kier molecular flexibility index (Phi) is 4.99. The van der Waals surface area contributed by atoms with Crippen LogP contribution in [0.2, 0.25) is 0 Å². The summed E-state index contributed by atoms with van der Waals surface area (Å²) in [7, 11) is 0. The van der Waals surface area contributed by atoms with Crippen molar-refractivity contribution >= 4 is 28.6 Å². The maximum Gasteiger partial charge on any atom is 0.253 e. The molecule has 3 aromatic rings. The fourth-order valence-corrected chi connectivity index (χ4v) is 3.92. The van der Waals surface area contributed by atoms with Crippen molar-refractivity contribution in [1.29, 1.82) is 0 Å². The number of fused-ring (bicyclic) bond motifs is 1. The molecule has 0 radical (unpaired) electrons. The molecule has 154 valence electrons. The number of piperazine rings is 1. The van der Waals surface area contributed by atoms with Crippen molar-refractivity contribution < 1.29 is 4.79 Å².